The summed E-state index contributed by atoms with van der Waals surface area (Å²) in [4.78, 5) is 0.407. The number of nitrogens with zero attached hydrogens (tertiary/aromatic N) is 1. The van der Waals surface area contributed by atoms with Crippen molar-refractivity contribution in [1.82, 2.24) is 4.31 Å². The van der Waals surface area contributed by atoms with Crippen molar-refractivity contribution in [3.8, 4) is 0 Å². The van der Waals surface area contributed by atoms with Gasteiger partial charge in [-0.2, -0.15) is 4.31 Å². The van der Waals surface area contributed by atoms with E-state index in [-0.39, 0.29) is 6.04 Å². The molecular weight excluding hydrogens is 260 g/mol. The zero-order valence-electron chi connectivity index (χ0n) is 11.6. The lowest BCUT2D eigenvalue weighted by molar-refractivity contribution is 0.268. The molecule has 4 nitrogen and oxygen atoms in total. The summed E-state index contributed by atoms with van der Waals surface area (Å²) in [5, 5.41) is 0. The summed E-state index contributed by atoms with van der Waals surface area (Å²) in [6.07, 6.45) is 2.99. The van der Waals surface area contributed by atoms with Gasteiger partial charge < -0.3 is 5.73 Å². The van der Waals surface area contributed by atoms with Crippen LogP contribution in [0.4, 0.5) is 0 Å². The van der Waals surface area contributed by atoms with Gasteiger partial charge in [0.2, 0.25) is 10.0 Å². The van der Waals surface area contributed by atoms with Crippen LogP contribution in [0.2, 0.25) is 0 Å². The average molecular weight is 282 g/mol. The summed E-state index contributed by atoms with van der Waals surface area (Å²) in [6.45, 7) is 4.80. The molecule has 1 aliphatic heterocycles. The number of hydrogen-bond acceptors (Lipinski definition) is 3. The molecule has 106 valence electrons. The van der Waals surface area contributed by atoms with Crippen LogP contribution in [0.1, 0.15) is 37.3 Å². The molecule has 0 aliphatic carbocycles. The molecule has 1 atom stereocenters. The van der Waals surface area contributed by atoms with Crippen LogP contribution in [0, 0.1) is 6.92 Å². The van der Waals surface area contributed by atoms with E-state index in [0.717, 1.165) is 30.4 Å². The summed E-state index contributed by atoms with van der Waals surface area (Å²) < 4.78 is 27.2. The summed E-state index contributed by atoms with van der Waals surface area (Å²) in [7, 11) is -3.40. The van der Waals surface area contributed by atoms with Crippen molar-refractivity contribution in [3.63, 3.8) is 0 Å². The lowest BCUT2D eigenvalue weighted by Crippen LogP contribution is -2.42. The molecule has 1 unspecified atom stereocenters. The molecular formula is C14H22N2O2S. The molecule has 0 radical (unpaired) electrons. The number of aryl methyl sites for hydroxylation is 1. The first-order valence-electron chi connectivity index (χ1n) is 6.78. The summed E-state index contributed by atoms with van der Waals surface area (Å²) >= 11 is 0. The van der Waals surface area contributed by atoms with Crippen molar-refractivity contribution in [2.24, 2.45) is 5.73 Å². The van der Waals surface area contributed by atoms with E-state index in [9.17, 15) is 8.42 Å². The predicted octanol–water partition coefficient (Wildman–Crippen LogP) is 2.02. The Hall–Kier alpha value is -0.910. The third-order valence-electron chi connectivity index (χ3n) is 3.82. The van der Waals surface area contributed by atoms with Gasteiger partial charge in [-0.05, 0) is 43.9 Å². The standard InChI is InChI=1S/C14H22N2O2S/c1-11-6-7-13(10-15)9-14(11)19(17,18)16-8-4-3-5-12(16)2/h6-7,9,12H,3-5,8,10,15H2,1-2H3. The average Bonchev–Trinajstić information content (AvgIpc) is 2.39. The Balaban J connectivity index is 2.43. The molecule has 0 bridgehead atoms. The summed E-state index contributed by atoms with van der Waals surface area (Å²) in [5.74, 6) is 0. The highest BCUT2D eigenvalue weighted by molar-refractivity contribution is 7.89. The fraction of sp³-hybridized carbons (Fsp3) is 0.571. The quantitative estimate of drug-likeness (QED) is 0.922. The first kappa shape index (κ1) is 14.5. The Bertz CT molecular complexity index is 555. The molecule has 1 saturated heterocycles. The van der Waals surface area contributed by atoms with Crippen LogP contribution >= 0.6 is 0 Å². The Labute approximate surface area is 115 Å². The van der Waals surface area contributed by atoms with Crippen LogP contribution in [0.5, 0.6) is 0 Å². The highest BCUT2D eigenvalue weighted by Gasteiger charge is 2.31. The minimum atomic E-state index is -3.40. The Morgan fingerprint density at radius 2 is 2.11 bits per heavy atom. The smallest absolute Gasteiger partial charge is 0.243 e. The maximum Gasteiger partial charge on any atom is 0.243 e. The second-order valence-electron chi connectivity index (χ2n) is 5.26. The lowest BCUT2D eigenvalue weighted by atomic mass is 10.1. The molecule has 0 amide bonds. The van der Waals surface area contributed by atoms with Crippen LogP contribution in [-0.2, 0) is 16.6 Å². The zero-order chi connectivity index (χ0) is 14.0. The number of piperidine rings is 1. The fourth-order valence-electron chi connectivity index (χ4n) is 2.60. The van der Waals surface area contributed by atoms with Crippen LogP contribution in [-0.4, -0.2) is 25.3 Å². The van der Waals surface area contributed by atoms with Crippen molar-refractivity contribution in [2.75, 3.05) is 6.54 Å². The highest BCUT2D eigenvalue weighted by atomic mass is 32.2. The van der Waals surface area contributed by atoms with E-state index in [4.69, 9.17) is 5.73 Å². The van der Waals surface area contributed by atoms with Gasteiger partial charge in [-0.1, -0.05) is 18.6 Å². The van der Waals surface area contributed by atoms with Crippen LogP contribution in [0.15, 0.2) is 23.1 Å². The van der Waals surface area contributed by atoms with E-state index >= 15 is 0 Å². The van der Waals surface area contributed by atoms with E-state index in [0.29, 0.717) is 18.0 Å². The Morgan fingerprint density at radius 1 is 1.37 bits per heavy atom. The Kier molecular flexibility index (Phi) is 4.28. The molecule has 0 spiro atoms. The maximum absolute atomic E-state index is 12.8. The van der Waals surface area contributed by atoms with Gasteiger partial charge in [-0.3, -0.25) is 0 Å². The minimum Gasteiger partial charge on any atom is -0.326 e. The van der Waals surface area contributed by atoms with Gasteiger partial charge in [0.1, 0.15) is 0 Å². The molecule has 1 aromatic carbocycles. The van der Waals surface area contributed by atoms with Gasteiger partial charge in [-0.15, -0.1) is 0 Å². The van der Waals surface area contributed by atoms with E-state index in [2.05, 4.69) is 0 Å². The molecule has 1 heterocycles. The van der Waals surface area contributed by atoms with Crippen molar-refractivity contribution in [3.05, 3.63) is 29.3 Å². The van der Waals surface area contributed by atoms with Crippen molar-refractivity contribution in [2.45, 2.75) is 50.6 Å². The predicted molar refractivity (Wildman–Crippen MR) is 76.3 cm³/mol. The molecule has 1 aliphatic rings. The number of rotatable bonds is 3. The zero-order valence-corrected chi connectivity index (χ0v) is 12.4. The third-order valence-corrected chi connectivity index (χ3v) is 5.97. The van der Waals surface area contributed by atoms with Gasteiger partial charge in [-0.25, -0.2) is 8.42 Å². The lowest BCUT2D eigenvalue weighted by Gasteiger charge is -2.32. The summed E-state index contributed by atoms with van der Waals surface area (Å²) in [5.41, 5.74) is 7.25. The topological polar surface area (TPSA) is 63.4 Å². The second kappa shape index (κ2) is 5.61. The van der Waals surface area contributed by atoms with E-state index in [1.807, 2.05) is 26.0 Å². The summed E-state index contributed by atoms with van der Waals surface area (Å²) in [6, 6.07) is 5.52. The number of nitrogens with two attached hydrogens (primary N) is 1. The molecule has 0 saturated carbocycles. The van der Waals surface area contributed by atoms with Crippen LogP contribution in [0.25, 0.3) is 0 Å². The van der Waals surface area contributed by atoms with Gasteiger partial charge in [0, 0.05) is 19.1 Å². The van der Waals surface area contributed by atoms with E-state index in [1.54, 1.807) is 10.4 Å². The van der Waals surface area contributed by atoms with E-state index < -0.39 is 10.0 Å². The molecule has 2 N–H and O–H groups in total. The molecule has 1 aromatic rings. The van der Waals surface area contributed by atoms with E-state index in [1.165, 1.54) is 0 Å². The van der Waals surface area contributed by atoms with Crippen LogP contribution < -0.4 is 5.73 Å². The highest BCUT2D eigenvalue weighted by Crippen LogP contribution is 2.27. The first-order valence-corrected chi connectivity index (χ1v) is 8.22. The van der Waals surface area contributed by atoms with Gasteiger partial charge in [0.25, 0.3) is 0 Å². The van der Waals surface area contributed by atoms with Gasteiger partial charge in [0.05, 0.1) is 4.90 Å². The minimum absolute atomic E-state index is 0.0830. The third kappa shape index (κ3) is 2.83. The monoisotopic (exact) mass is 282 g/mol. The second-order valence-corrected chi connectivity index (χ2v) is 7.12. The van der Waals surface area contributed by atoms with Crippen molar-refractivity contribution >= 4 is 10.0 Å². The number of benzene rings is 1. The molecule has 1 fully saturated rings. The molecule has 5 heteroatoms. The molecule has 2 rings (SSSR count). The Morgan fingerprint density at radius 3 is 2.74 bits per heavy atom. The normalized spacial score (nSPS) is 21.5. The first-order chi connectivity index (χ1) is 8.96. The number of sulfonamides is 1. The van der Waals surface area contributed by atoms with Crippen LogP contribution in [0.3, 0.4) is 0 Å². The SMILES string of the molecule is Cc1ccc(CN)cc1S(=O)(=O)N1CCCCC1C. The molecule has 19 heavy (non-hydrogen) atoms. The molecule has 0 aromatic heterocycles. The van der Waals surface area contributed by atoms with Crippen molar-refractivity contribution in [1.29, 1.82) is 0 Å². The largest absolute Gasteiger partial charge is 0.326 e. The number of hydrogen-bond donors (Lipinski definition) is 1. The maximum atomic E-state index is 12.8. The van der Waals surface area contributed by atoms with Crippen molar-refractivity contribution < 1.29 is 8.42 Å². The fourth-order valence-corrected chi connectivity index (χ4v) is 4.58. The van der Waals surface area contributed by atoms with Gasteiger partial charge >= 0.3 is 0 Å². The van der Waals surface area contributed by atoms with Gasteiger partial charge in [0.15, 0.2) is 0 Å².